The molecule has 1 saturated heterocycles. The predicted octanol–water partition coefficient (Wildman–Crippen LogP) is 4.36. The van der Waals surface area contributed by atoms with E-state index in [4.69, 9.17) is 19.0 Å². The third-order valence-corrected chi connectivity index (χ3v) is 5.38. The van der Waals surface area contributed by atoms with Gasteiger partial charge in [0.2, 0.25) is 0 Å². The minimum atomic E-state index is -1.13. The van der Waals surface area contributed by atoms with Crippen LogP contribution in [0.5, 0.6) is 11.5 Å². The zero-order valence-corrected chi connectivity index (χ0v) is 17.9. The smallest absolute Gasteiger partial charge is 0.335 e. The number of benzene rings is 3. The second-order valence-corrected chi connectivity index (χ2v) is 7.33. The van der Waals surface area contributed by atoms with Crippen molar-refractivity contribution in [1.82, 2.24) is 5.06 Å². The summed E-state index contributed by atoms with van der Waals surface area (Å²) >= 11 is 0. The molecule has 32 heavy (non-hydrogen) atoms. The molecule has 3 aromatic carbocycles. The molecule has 4 rings (SSSR count). The van der Waals surface area contributed by atoms with Crippen LogP contribution >= 0.6 is 0 Å². The highest BCUT2D eigenvalue weighted by Gasteiger charge is 2.49. The van der Waals surface area contributed by atoms with E-state index in [0.29, 0.717) is 17.1 Å². The van der Waals surface area contributed by atoms with Crippen LogP contribution in [0.4, 0.5) is 0 Å². The van der Waals surface area contributed by atoms with Gasteiger partial charge in [-0.15, -0.1) is 5.06 Å². The highest BCUT2D eigenvalue weighted by Crippen LogP contribution is 2.46. The van der Waals surface area contributed by atoms with Crippen LogP contribution in [-0.4, -0.2) is 36.5 Å². The van der Waals surface area contributed by atoms with Crippen LogP contribution in [0.1, 0.15) is 29.0 Å². The van der Waals surface area contributed by atoms with Crippen molar-refractivity contribution in [3.8, 4) is 11.5 Å². The van der Waals surface area contributed by atoms with E-state index in [1.54, 1.807) is 37.5 Å². The summed E-state index contributed by atoms with van der Waals surface area (Å²) in [4.78, 5) is 18.4. The normalized spacial score (nSPS) is 20.8. The molecule has 1 unspecified atom stereocenters. The molecule has 1 N–H and O–H groups in total. The van der Waals surface area contributed by atoms with Gasteiger partial charge in [0.25, 0.3) is 0 Å². The first-order valence-corrected chi connectivity index (χ1v) is 10.2. The molecule has 1 fully saturated rings. The maximum Gasteiger partial charge on any atom is 0.335 e. The molecule has 1 aliphatic rings. The van der Waals surface area contributed by atoms with Crippen molar-refractivity contribution in [2.24, 2.45) is 0 Å². The number of carboxylic acids is 1. The Morgan fingerprint density at radius 2 is 1.66 bits per heavy atom. The fourth-order valence-corrected chi connectivity index (χ4v) is 3.82. The van der Waals surface area contributed by atoms with Gasteiger partial charge in [0.1, 0.15) is 17.5 Å². The molecular weight excluding hydrogens is 410 g/mol. The topological polar surface area (TPSA) is 77.5 Å². The number of carboxylic acid groups (broad SMARTS) is 1. The van der Waals surface area contributed by atoms with Crippen molar-refractivity contribution >= 4 is 5.97 Å². The van der Waals surface area contributed by atoms with Gasteiger partial charge in [-0.05, 0) is 23.3 Å². The number of carbonyl (C=O) groups is 1. The zero-order valence-electron chi connectivity index (χ0n) is 17.9. The van der Waals surface area contributed by atoms with E-state index in [0.717, 1.165) is 11.1 Å². The monoisotopic (exact) mass is 435 g/mol. The second kappa shape index (κ2) is 9.82. The maximum absolute atomic E-state index is 12.2. The van der Waals surface area contributed by atoms with E-state index in [1.165, 1.54) is 0 Å². The number of rotatable bonds is 8. The molecule has 3 atom stereocenters. The summed E-state index contributed by atoms with van der Waals surface area (Å²) in [6.45, 7) is 0.259. The molecule has 166 valence electrons. The summed E-state index contributed by atoms with van der Waals surface area (Å²) < 4.78 is 16.9. The Hall–Kier alpha value is -3.39. The molecule has 0 spiro atoms. The maximum atomic E-state index is 12.2. The van der Waals surface area contributed by atoms with Gasteiger partial charge in [-0.3, -0.25) is 4.84 Å². The molecule has 7 nitrogen and oxygen atoms in total. The molecule has 0 aromatic heterocycles. The molecule has 3 aromatic rings. The van der Waals surface area contributed by atoms with Crippen LogP contribution in [0.25, 0.3) is 0 Å². The van der Waals surface area contributed by atoms with Gasteiger partial charge < -0.3 is 19.3 Å². The number of hydrogen-bond acceptors (Lipinski definition) is 6. The highest BCUT2D eigenvalue weighted by atomic mass is 16.7. The van der Waals surface area contributed by atoms with Crippen LogP contribution in [0, 0.1) is 0 Å². The van der Waals surface area contributed by atoms with E-state index < -0.39 is 24.3 Å². The Labute approximate surface area is 186 Å². The summed E-state index contributed by atoms with van der Waals surface area (Å²) in [6, 6.07) is 23.7. The lowest BCUT2D eigenvalue weighted by atomic mass is 10.0. The Bertz CT molecular complexity index is 1040. The lowest BCUT2D eigenvalue weighted by molar-refractivity contribution is -0.232. The lowest BCUT2D eigenvalue weighted by Gasteiger charge is -2.28. The van der Waals surface area contributed by atoms with E-state index in [1.807, 2.05) is 60.7 Å². The van der Waals surface area contributed by atoms with E-state index in [-0.39, 0.29) is 6.61 Å². The number of hydrogen-bond donors (Lipinski definition) is 1. The average molecular weight is 435 g/mol. The van der Waals surface area contributed by atoms with Crippen molar-refractivity contribution in [3.05, 3.63) is 95.6 Å². The number of aliphatic carboxylic acids is 1. The number of nitrogens with zero attached hydrogens (tertiary/aromatic N) is 1. The molecule has 0 aliphatic carbocycles. The van der Waals surface area contributed by atoms with Crippen molar-refractivity contribution in [2.75, 3.05) is 14.2 Å². The van der Waals surface area contributed by atoms with Gasteiger partial charge in [-0.2, -0.15) is 0 Å². The number of hydroxylamine groups is 2. The second-order valence-electron chi connectivity index (χ2n) is 7.33. The molecule has 1 heterocycles. The van der Waals surface area contributed by atoms with Crippen molar-refractivity contribution in [1.29, 1.82) is 0 Å². The van der Waals surface area contributed by atoms with E-state index >= 15 is 0 Å². The fraction of sp³-hybridized carbons (Fsp3) is 0.240. The van der Waals surface area contributed by atoms with Gasteiger partial charge in [0, 0.05) is 11.6 Å². The Morgan fingerprint density at radius 3 is 2.28 bits per heavy atom. The van der Waals surface area contributed by atoms with Crippen molar-refractivity contribution in [2.45, 2.75) is 25.0 Å². The number of ether oxygens (including phenoxy) is 3. The van der Waals surface area contributed by atoms with E-state index in [2.05, 4.69) is 0 Å². The van der Waals surface area contributed by atoms with Crippen LogP contribution in [0.2, 0.25) is 0 Å². The molecule has 0 radical (unpaired) electrons. The third-order valence-electron chi connectivity index (χ3n) is 5.38. The molecule has 0 bridgehead atoms. The van der Waals surface area contributed by atoms with Crippen LogP contribution in [0.3, 0.4) is 0 Å². The van der Waals surface area contributed by atoms with Gasteiger partial charge in [0.15, 0.2) is 12.3 Å². The Balaban J connectivity index is 1.75. The van der Waals surface area contributed by atoms with Gasteiger partial charge >= 0.3 is 5.97 Å². The van der Waals surface area contributed by atoms with Gasteiger partial charge in [-0.1, -0.05) is 60.7 Å². The minimum absolute atomic E-state index is 0.259. The zero-order chi connectivity index (χ0) is 22.5. The summed E-state index contributed by atoms with van der Waals surface area (Å²) in [6.07, 6.45) is -1.93. The summed E-state index contributed by atoms with van der Waals surface area (Å²) in [5.74, 6) is 0.0670. The van der Waals surface area contributed by atoms with Gasteiger partial charge in [-0.25, -0.2) is 4.79 Å². The molecule has 1 aliphatic heterocycles. The van der Waals surface area contributed by atoms with E-state index in [9.17, 15) is 9.90 Å². The minimum Gasteiger partial charge on any atom is -0.497 e. The first kappa shape index (κ1) is 21.8. The summed E-state index contributed by atoms with van der Waals surface area (Å²) in [5.41, 5.74) is 2.38. The van der Waals surface area contributed by atoms with Crippen LogP contribution in [-0.2, 0) is 21.0 Å². The Morgan fingerprint density at radius 1 is 0.969 bits per heavy atom. The molecular formula is C25H25NO6. The highest BCUT2D eigenvalue weighted by molar-refractivity contribution is 5.74. The average Bonchev–Trinajstić information content (AvgIpc) is 3.23. The third kappa shape index (κ3) is 4.45. The first-order chi connectivity index (χ1) is 15.6. The first-order valence-electron chi connectivity index (χ1n) is 10.2. The SMILES string of the molecule is COc1ccc(C2O[C@@H](C(=O)O)[C@H](c3ccccc3)N2OCc2ccccc2)c(OC)c1. The standard InChI is InChI=1S/C25H25NO6/c1-29-19-13-14-20(21(15-19)30-2)24-26(31-16-17-9-5-3-6-10-17)22(23(32-24)25(27)28)18-11-7-4-8-12-18/h3-15,22-24H,16H2,1-2H3,(H,27,28)/t22-,23+,24?/m0/s1. The van der Waals surface area contributed by atoms with Crippen LogP contribution in [0.15, 0.2) is 78.9 Å². The van der Waals surface area contributed by atoms with Crippen molar-refractivity contribution < 1.29 is 28.9 Å². The van der Waals surface area contributed by atoms with Crippen molar-refractivity contribution in [3.63, 3.8) is 0 Å². The fourth-order valence-electron chi connectivity index (χ4n) is 3.82. The number of methoxy groups -OCH3 is 2. The molecule has 0 amide bonds. The Kier molecular flexibility index (Phi) is 6.70. The lowest BCUT2D eigenvalue weighted by Crippen LogP contribution is -2.32. The largest absolute Gasteiger partial charge is 0.497 e. The summed E-state index contributed by atoms with van der Waals surface area (Å²) in [7, 11) is 3.12. The molecule has 0 saturated carbocycles. The predicted molar refractivity (Wildman–Crippen MR) is 117 cm³/mol. The summed E-state index contributed by atoms with van der Waals surface area (Å²) in [5, 5.41) is 11.6. The van der Waals surface area contributed by atoms with Crippen LogP contribution < -0.4 is 9.47 Å². The quantitative estimate of drug-likeness (QED) is 0.563. The molecule has 7 heteroatoms. The van der Waals surface area contributed by atoms with Gasteiger partial charge in [0.05, 0.1) is 20.8 Å².